The summed E-state index contributed by atoms with van der Waals surface area (Å²) in [4.78, 5) is 2.32. The van der Waals surface area contributed by atoms with Crippen molar-refractivity contribution in [3.63, 3.8) is 0 Å². The zero-order valence-corrected chi connectivity index (χ0v) is 12.0. The lowest BCUT2D eigenvalue weighted by Crippen LogP contribution is -2.33. The lowest BCUT2D eigenvalue weighted by Gasteiger charge is -2.24. The lowest BCUT2D eigenvalue weighted by molar-refractivity contribution is 0.262. The first-order valence-corrected chi connectivity index (χ1v) is 6.76. The molecule has 0 spiro atoms. The summed E-state index contributed by atoms with van der Waals surface area (Å²) in [6, 6.07) is 5.10. The van der Waals surface area contributed by atoms with E-state index in [0.29, 0.717) is 17.7 Å². The number of nitrogens with zero attached hydrogens (tertiary/aromatic N) is 1. The van der Waals surface area contributed by atoms with Crippen molar-refractivity contribution in [2.45, 2.75) is 19.9 Å². The number of benzene rings is 1. The molecule has 106 valence electrons. The zero-order chi connectivity index (χ0) is 13.9. The summed E-state index contributed by atoms with van der Waals surface area (Å²) in [6.45, 7) is 6.01. The van der Waals surface area contributed by atoms with Crippen LogP contribution in [0.15, 0.2) is 18.2 Å². The zero-order valence-electron chi connectivity index (χ0n) is 12.0. The van der Waals surface area contributed by atoms with Crippen LogP contribution in [-0.2, 0) is 6.54 Å². The summed E-state index contributed by atoms with van der Waals surface area (Å²) in [5.74, 6) is 0.393. The van der Waals surface area contributed by atoms with Crippen molar-refractivity contribution in [1.29, 1.82) is 0 Å². The average molecular weight is 266 g/mol. The van der Waals surface area contributed by atoms with Gasteiger partial charge in [0.25, 0.3) is 0 Å². The van der Waals surface area contributed by atoms with Gasteiger partial charge in [0.2, 0.25) is 0 Å². The molecule has 1 fully saturated rings. The monoisotopic (exact) mass is 266 g/mol. The van der Waals surface area contributed by atoms with Gasteiger partial charge in [0.05, 0.1) is 7.11 Å². The minimum atomic E-state index is -0.179. The molecule has 1 saturated heterocycles. The minimum Gasteiger partial charge on any atom is -0.497 e. The van der Waals surface area contributed by atoms with Crippen LogP contribution >= 0.6 is 0 Å². The Labute approximate surface area is 114 Å². The minimum absolute atomic E-state index is 0.179. The van der Waals surface area contributed by atoms with Crippen molar-refractivity contribution in [2.24, 2.45) is 5.41 Å². The summed E-state index contributed by atoms with van der Waals surface area (Å²) in [5.41, 5.74) is 1.05. The van der Waals surface area contributed by atoms with E-state index in [1.807, 2.05) is 19.2 Å². The maximum Gasteiger partial charge on any atom is 0.131 e. The van der Waals surface area contributed by atoms with E-state index in [2.05, 4.69) is 17.1 Å². The topological polar surface area (TPSA) is 24.5 Å². The number of rotatable bonds is 5. The molecule has 1 N–H and O–H groups in total. The molecule has 1 aromatic carbocycles. The van der Waals surface area contributed by atoms with E-state index in [4.69, 9.17) is 4.74 Å². The quantitative estimate of drug-likeness (QED) is 0.885. The highest BCUT2D eigenvalue weighted by atomic mass is 19.1. The number of hydrogen-bond acceptors (Lipinski definition) is 3. The average Bonchev–Trinajstić information content (AvgIpc) is 2.74. The molecule has 19 heavy (non-hydrogen) atoms. The first-order chi connectivity index (χ1) is 9.06. The molecule has 1 heterocycles. The van der Waals surface area contributed by atoms with E-state index in [-0.39, 0.29) is 5.82 Å². The predicted octanol–water partition coefficient (Wildman–Crippen LogP) is 2.27. The molecule has 0 radical (unpaired) electrons. The van der Waals surface area contributed by atoms with Gasteiger partial charge in [0.1, 0.15) is 11.6 Å². The van der Waals surface area contributed by atoms with Crippen molar-refractivity contribution >= 4 is 0 Å². The number of hydrogen-bond donors (Lipinski definition) is 1. The van der Waals surface area contributed by atoms with Crippen molar-refractivity contribution in [2.75, 3.05) is 33.8 Å². The largest absolute Gasteiger partial charge is 0.497 e. The third-order valence-electron chi connectivity index (χ3n) is 3.89. The number of likely N-dealkylation sites (tertiary alicyclic amines) is 1. The van der Waals surface area contributed by atoms with Crippen LogP contribution in [-0.4, -0.2) is 38.7 Å². The van der Waals surface area contributed by atoms with Gasteiger partial charge in [0, 0.05) is 31.3 Å². The van der Waals surface area contributed by atoms with E-state index >= 15 is 0 Å². The first-order valence-electron chi connectivity index (χ1n) is 6.76. The van der Waals surface area contributed by atoms with Gasteiger partial charge in [-0.05, 0) is 31.5 Å². The fourth-order valence-corrected chi connectivity index (χ4v) is 2.86. The molecular formula is C15H23FN2O. The van der Waals surface area contributed by atoms with E-state index in [1.54, 1.807) is 7.11 Å². The summed E-state index contributed by atoms with van der Waals surface area (Å²) in [7, 11) is 3.54. The van der Waals surface area contributed by atoms with Crippen LogP contribution in [0, 0.1) is 11.2 Å². The Morgan fingerprint density at radius 2 is 2.26 bits per heavy atom. The fraction of sp³-hybridized carbons (Fsp3) is 0.600. The smallest absolute Gasteiger partial charge is 0.131 e. The lowest BCUT2D eigenvalue weighted by atomic mass is 9.90. The van der Waals surface area contributed by atoms with E-state index in [9.17, 15) is 4.39 Å². The Balaban J connectivity index is 1.99. The summed E-state index contributed by atoms with van der Waals surface area (Å²) in [5, 5.41) is 3.24. The van der Waals surface area contributed by atoms with Crippen molar-refractivity contribution in [3.8, 4) is 5.75 Å². The molecule has 3 nitrogen and oxygen atoms in total. The Morgan fingerprint density at radius 3 is 2.89 bits per heavy atom. The first kappa shape index (κ1) is 14.3. The second kappa shape index (κ2) is 5.88. The molecule has 0 saturated carbocycles. The molecule has 1 atom stereocenters. The number of ether oxygens (including phenoxy) is 1. The van der Waals surface area contributed by atoms with Gasteiger partial charge >= 0.3 is 0 Å². The van der Waals surface area contributed by atoms with E-state index in [1.165, 1.54) is 6.07 Å². The van der Waals surface area contributed by atoms with Crippen LogP contribution in [0.4, 0.5) is 4.39 Å². The Morgan fingerprint density at radius 1 is 1.47 bits per heavy atom. The molecule has 0 aliphatic carbocycles. The van der Waals surface area contributed by atoms with E-state index < -0.39 is 0 Å². The van der Waals surface area contributed by atoms with Crippen LogP contribution in [0.5, 0.6) is 5.75 Å². The molecule has 2 rings (SSSR count). The van der Waals surface area contributed by atoms with Gasteiger partial charge < -0.3 is 10.1 Å². The molecule has 4 heteroatoms. The number of nitrogens with one attached hydrogen (secondary N) is 1. The third-order valence-corrected chi connectivity index (χ3v) is 3.89. The highest BCUT2D eigenvalue weighted by Crippen LogP contribution is 2.30. The summed E-state index contributed by atoms with van der Waals surface area (Å²) < 4.78 is 18.9. The van der Waals surface area contributed by atoms with Gasteiger partial charge in [-0.2, -0.15) is 0 Å². The highest BCUT2D eigenvalue weighted by molar-refractivity contribution is 5.28. The molecule has 1 aliphatic heterocycles. The maximum atomic E-state index is 13.9. The third kappa shape index (κ3) is 3.45. The molecule has 1 aromatic rings. The van der Waals surface area contributed by atoms with Crippen molar-refractivity contribution in [1.82, 2.24) is 10.2 Å². The fourth-order valence-electron chi connectivity index (χ4n) is 2.86. The summed E-state index contributed by atoms with van der Waals surface area (Å²) in [6.07, 6.45) is 1.16. The number of halogens is 1. The standard InChI is InChI=1S/C15H23FN2O/c1-15(10-17-2)6-7-18(11-15)9-12-4-5-13(19-3)8-14(12)16/h4-5,8,17H,6-7,9-11H2,1-3H3. The second-order valence-corrected chi connectivity index (χ2v) is 5.76. The van der Waals surface area contributed by atoms with Gasteiger partial charge in [-0.25, -0.2) is 4.39 Å². The highest BCUT2D eigenvalue weighted by Gasteiger charge is 2.33. The van der Waals surface area contributed by atoms with Crippen LogP contribution in [0.2, 0.25) is 0 Å². The van der Waals surface area contributed by atoms with Gasteiger partial charge in [0.15, 0.2) is 0 Å². The van der Waals surface area contributed by atoms with Gasteiger partial charge in [-0.1, -0.05) is 13.0 Å². The van der Waals surface area contributed by atoms with Crippen LogP contribution in [0.25, 0.3) is 0 Å². The van der Waals surface area contributed by atoms with Crippen LogP contribution in [0.3, 0.4) is 0 Å². The van der Waals surface area contributed by atoms with Crippen molar-refractivity contribution in [3.05, 3.63) is 29.6 Å². The second-order valence-electron chi connectivity index (χ2n) is 5.76. The molecular weight excluding hydrogens is 243 g/mol. The van der Waals surface area contributed by atoms with Gasteiger partial charge in [-0.15, -0.1) is 0 Å². The SMILES string of the molecule is CNCC1(C)CCN(Cc2ccc(OC)cc2F)C1. The Kier molecular flexibility index (Phi) is 4.42. The summed E-state index contributed by atoms with van der Waals surface area (Å²) >= 11 is 0. The van der Waals surface area contributed by atoms with E-state index in [0.717, 1.165) is 31.6 Å². The van der Waals surface area contributed by atoms with Crippen LogP contribution < -0.4 is 10.1 Å². The molecule has 0 aromatic heterocycles. The molecule has 1 unspecified atom stereocenters. The molecule has 0 amide bonds. The predicted molar refractivity (Wildman–Crippen MR) is 74.9 cm³/mol. The van der Waals surface area contributed by atoms with Crippen molar-refractivity contribution < 1.29 is 9.13 Å². The van der Waals surface area contributed by atoms with Gasteiger partial charge in [-0.3, -0.25) is 4.90 Å². The molecule has 0 bridgehead atoms. The van der Waals surface area contributed by atoms with Crippen LogP contribution in [0.1, 0.15) is 18.9 Å². The Hall–Kier alpha value is -1.13. The normalized spacial score (nSPS) is 23.8. The number of methoxy groups -OCH3 is 1. The Bertz CT molecular complexity index is 438. The molecule has 1 aliphatic rings. The maximum absolute atomic E-state index is 13.9.